The van der Waals surface area contributed by atoms with E-state index >= 15 is 0 Å². The second kappa shape index (κ2) is 14.7. The van der Waals surface area contributed by atoms with Crippen LogP contribution in [0.15, 0.2) is 0 Å². The molecule has 0 aliphatic heterocycles. The summed E-state index contributed by atoms with van der Waals surface area (Å²) in [6.07, 6.45) is 11.6. The number of nitrogens with two attached hydrogens (primary N) is 1. The topological polar surface area (TPSA) is 35.2 Å². The zero-order valence-corrected chi connectivity index (χ0v) is 17.0. The Hall–Kier alpha value is 0.137. The molecule has 0 spiro atoms. The minimum Gasteiger partial charge on any atom is -0.417 e. The van der Waals surface area contributed by atoms with E-state index in [1.54, 1.807) is 0 Å². The Bertz CT molecular complexity index is 214. The van der Waals surface area contributed by atoms with Crippen molar-refractivity contribution in [2.45, 2.75) is 104 Å². The SMILES string of the molecule is CCCC[Si](CCCC)(CCCC)OCC(CC)CCCN. The summed E-state index contributed by atoms with van der Waals surface area (Å²) in [5.41, 5.74) is 5.68. The number of unbranched alkanes of at least 4 members (excludes halogenated alkanes) is 3. The van der Waals surface area contributed by atoms with Gasteiger partial charge in [-0.15, -0.1) is 0 Å². The molecule has 0 radical (unpaired) electrons. The van der Waals surface area contributed by atoms with Crippen molar-refractivity contribution in [2.24, 2.45) is 11.7 Å². The van der Waals surface area contributed by atoms with Crippen molar-refractivity contribution < 1.29 is 4.43 Å². The molecule has 0 aromatic heterocycles. The van der Waals surface area contributed by atoms with Crippen LogP contribution >= 0.6 is 0 Å². The summed E-state index contributed by atoms with van der Waals surface area (Å²) in [5.74, 6) is 0.723. The van der Waals surface area contributed by atoms with Crippen LogP contribution < -0.4 is 5.73 Å². The van der Waals surface area contributed by atoms with Crippen molar-refractivity contribution in [2.75, 3.05) is 13.2 Å². The van der Waals surface area contributed by atoms with Crippen molar-refractivity contribution in [3.05, 3.63) is 0 Å². The lowest BCUT2D eigenvalue weighted by Crippen LogP contribution is -2.39. The highest BCUT2D eigenvalue weighted by Gasteiger charge is 2.33. The average molecular weight is 330 g/mol. The van der Waals surface area contributed by atoms with E-state index in [4.69, 9.17) is 10.2 Å². The fraction of sp³-hybridized carbons (Fsp3) is 1.00. The van der Waals surface area contributed by atoms with Gasteiger partial charge in [-0.3, -0.25) is 0 Å². The van der Waals surface area contributed by atoms with Crippen LogP contribution in [0, 0.1) is 5.92 Å². The molecule has 22 heavy (non-hydrogen) atoms. The fourth-order valence-electron chi connectivity index (χ4n) is 3.19. The number of rotatable bonds is 16. The van der Waals surface area contributed by atoms with Gasteiger partial charge in [0.25, 0.3) is 0 Å². The number of hydrogen-bond acceptors (Lipinski definition) is 2. The van der Waals surface area contributed by atoms with Gasteiger partial charge in [-0.1, -0.05) is 72.6 Å². The summed E-state index contributed by atoms with van der Waals surface area (Å²) >= 11 is 0. The molecule has 1 unspecified atom stereocenters. The van der Waals surface area contributed by atoms with Gasteiger partial charge < -0.3 is 10.2 Å². The van der Waals surface area contributed by atoms with E-state index in [0.717, 1.165) is 25.5 Å². The second-order valence-electron chi connectivity index (χ2n) is 7.01. The molecule has 0 aliphatic rings. The second-order valence-corrected chi connectivity index (χ2v) is 11.2. The molecule has 0 saturated heterocycles. The minimum absolute atomic E-state index is 0.723. The largest absolute Gasteiger partial charge is 0.417 e. The summed E-state index contributed by atoms with van der Waals surface area (Å²) in [7, 11) is -1.51. The Morgan fingerprint density at radius 1 is 0.818 bits per heavy atom. The van der Waals surface area contributed by atoms with Crippen LogP contribution in [0.25, 0.3) is 0 Å². The first-order chi connectivity index (χ1) is 10.7. The van der Waals surface area contributed by atoms with Gasteiger partial charge in [0.15, 0.2) is 8.32 Å². The van der Waals surface area contributed by atoms with E-state index in [1.165, 1.54) is 69.5 Å². The molecule has 0 aromatic carbocycles. The highest BCUT2D eigenvalue weighted by atomic mass is 28.4. The standard InChI is InChI=1S/C19H43NOSi/c1-5-9-15-22(16-10-6-2,17-11-7-3)21-18-19(8-4)13-12-14-20/h19H,5-18,20H2,1-4H3. The highest BCUT2D eigenvalue weighted by Crippen LogP contribution is 2.30. The first-order valence-electron chi connectivity index (χ1n) is 10.0. The van der Waals surface area contributed by atoms with Crippen LogP contribution in [0.5, 0.6) is 0 Å². The molecule has 0 fully saturated rings. The van der Waals surface area contributed by atoms with Crippen molar-refractivity contribution in [1.82, 2.24) is 0 Å². The molecular weight excluding hydrogens is 286 g/mol. The van der Waals surface area contributed by atoms with E-state index in [9.17, 15) is 0 Å². The van der Waals surface area contributed by atoms with Gasteiger partial charge in [0, 0.05) is 6.61 Å². The molecule has 0 rings (SSSR count). The lowest BCUT2D eigenvalue weighted by molar-refractivity contribution is 0.218. The van der Waals surface area contributed by atoms with Crippen molar-refractivity contribution in [3.63, 3.8) is 0 Å². The van der Waals surface area contributed by atoms with Crippen LogP contribution in [0.4, 0.5) is 0 Å². The van der Waals surface area contributed by atoms with Gasteiger partial charge in [-0.25, -0.2) is 0 Å². The summed E-state index contributed by atoms with van der Waals surface area (Å²) < 4.78 is 6.78. The maximum atomic E-state index is 6.78. The van der Waals surface area contributed by atoms with E-state index < -0.39 is 8.32 Å². The van der Waals surface area contributed by atoms with Gasteiger partial charge in [0.05, 0.1) is 0 Å². The van der Waals surface area contributed by atoms with Gasteiger partial charge >= 0.3 is 0 Å². The molecule has 3 heteroatoms. The summed E-state index contributed by atoms with van der Waals surface area (Å²) in [4.78, 5) is 0. The van der Waals surface area contributed by atoms with Crippen LogP contribution in [-0.4, -0.2) is 21.5 Å². The zero-order chi connectivity index (χ0) is 16.7. The quantitative estimate of drug-likeness (QED) is 0.346. The predicted molar refractivity (Wildman–Crippen MR) is 103 cm³/mol. The van der Waals surface area contributed by atoms with Crippen molar-refractivity contribution >= 4 is 8.32 Å². The summed E-state index contributed by atoms with van der Waals surface area (Å²) in [5, 5.41) is 0. The third-order valence-corrected chi connectivity index (χ3v) is 9.55. The Kier molecular flexibility index (Phi) is 14.8. The molecule has 134 valence electrons. The molecule has 0 saturated carbocycles. The smallest absolute Gasteiger partial charge is 0.192 e. The molecular formula is C19H43NOSi. The maximum absolute atomic E-state index is 6.78. The van der Waals surface area contributed by atoms with Crippen LogP contribution in [0.2, 0.25) is 18.1 Å². The molecule has 0 aromatic rings. The van der Waals surface area contributed by atoms with Crippen LogP contribution in [-0.2, 0) is 4.43 Å². The van der Waals surface area contributed by atoms with E-state index in [1.807, 2.05) is 0 Å². The average Bonchev–Trinajstić information content (AvgIpc) is 2.55. The fourth-order valence-corrected chi connectivity index (χ4v) is 7.96. The van der Waals surface area contributed by atoms with Gasteiger partial charge in [0.2, 0.25) is 0 Å². The molecule has 0 amide bonds. The van der Waals surface area contributed by atoms with Crippen LogP contribution in [0.3, 0.4) is 0 Å². The molecule has 1 atom stereocenters. The molecule has 0 aliphatic carbocycles. The van der Waals surface area contributed by atoms with Crippen LogP contribution in [0.1, 0.15) is 85.5 Å². The lowest BCUT2D eigenvalue weighted by Gasteiger charge is -2.33. The Morgan fingerprint density at radius 2 is 1.32 bits per heavy atom. The van der Waals surface area contributed by atoms with Gasteiger partial charge in [0.1, 0.15) is 0 Å². The first kappa shape index (κ1) is 22.1. The predicted octanol–water partition coefficient (Wildman–Crippen LogP) is 6.11. The third kappa shape index (κ3) is 10.0. The van der Waals surface area contributed by atoms with E-state index in [2.05, 4.69) is 27.7 Å². The highest BCUT2D eigenvalue weighted by molar-refractivity contribution is 6.73. The van der Waals surface area contributed by atoms with E-state index in [0.29, 0.717) is 0 Å². The Labute approximate surface area is 141 Å². The third-order valence-electron chi connectivity index (χ3n) is 4.98. The summed E-state index contributed by atoms with van der Waals surface area (Å²) in [6, 6.07) is 4.16. The molecule has 0 heterocycles. The lowest BCUT2D eigenvalue weighted by atomic mass is 10.0. The van der Waals surface area contributed by atoms with Crippen molar-refractivity contribution in [1.29, 1.82) is 0 Å². The number of hydrogen-bond donors (Lipinski definition) is 1. The molecule has 2 N–H and O–H groups in total. The molecule has 0 bridgehead atoms. The van der Waals surface area contributed by atoms with E-state index in [-0.39, 0.29) is 0 Å². The Balaban J connectivity index is 4.67. The maximum Gasteiger partial charge on any atom is 0.192 e. The van der Waals surface area contributed by atoms with Gasteiger partial charge in [-0.05, 0) is 43.4 Å². The minimum atomic E-state index is -1.51. The normalized spacial score (nSPS) is 13.5. The first-order valence-corrected chi connectivity index (χ1v) is 12.5. The zero-order valence-electron chi connectivity index (χ0n) is 16.0. The Morgan fingerprint density at radius 3 is 1.68 bits per heavy atom. The summed E-state index contributed by atoms with van der Waals surface area (Å²) in [6.45, 7) is 11.1. The molecule has 2 nitrogen and oxygen atoms in total. The van der Waals surface area contributed by atoms with Crippen molar-refractivity contribution in [3.8, 4) is 0 Å². The monoisotopic (exact) mass is 329 g/mol. The van der Waals surface area contributed by atoms with Gasteiger partial charge in [-0.2, -0.15) is 0 Å².